The fourth-order valence-corrected chi connectivity index (χ4v) is 1.25. The van der Waals surface area contributed by atoms with Gasteiger partial charge in [-0.05, 0) is 12.1 Å². The lowest BCUT2D eigenvalue weighted by molar-refractivity contribution is -0.0511. The van der Waals surface area contributed by atoms with E-state index in [2.05, 4.69) is 4.74 Å². The number of hydrogen-bond donors (Lipinski definition) is 0. The van der Waals surface area contributed by atoms with Crippen LogP contribution in [0, 0.1) is 0 Å². The van der Waals surface area contributed by atoms with Gasteiger partial charge in [-0.1, -0.05) is 17.7 Å². The first-order valence-electron chi connectivity index (χ1n) is 3.86. The van der Waals surface area contributed by atoms with Crippen molar-refractivity contribution in [3.8, 4) is 5.75 Å². The highest BCUT2D eigenvalue weighted by atomic mass is 35.5. The molecule has 1 aromatic rings. The van der Waals surface area contributed by atoms with E-state index in [1.54, 1.807) is 12.1 Å². The predicted molar refractivity (Wildman–Crippen MR) is 48.8 cm³/mol. The zero-order valence-corrected chi connectivity index (χ0v) is 8.22. The summed E-state index contributed by atoms with van der Waals surface area (Å²) in [7, 11) is 1.45. The molecular formula is C9H9ClF2O2. The summed E-state index contributed by atoms with van der Waals surface area (Å²) in [6, 6.07) is 4.56. The topological polar surface area (TPSA) is 18.5 Å². The zero-order chi connectivity index (χ0) is 10.6. The third kappa shape index (κ3) is 2.82. The number of alkyl halides is 2. The van der Waals surface area contributed by atoms with Crippen LogP contribution < -0.4 is 4.74 Å². The molecule has 0 amide bonds. The number of benzene rings is 1. The van der Waals surface area contributed by atoms with E-state index in [4.69, 9.17) is 16.3 Å². The number of rotatable bonds is 4. The quantitative estimate of drug-likeness (QED) is 0.780. The molecule has 78 valence electrons. The molecule has 0 atom stereocenters. The molecule has 0 fully saturated rings. The van der Waals surface area contributed by atoms with Crippen molar-refractivity contribution in [1.82, 2.24) is 0 Å². The maximum absolute atomic E-state index is 12.0. The van der Waals surface area contributed by atoms with Gasteiger partial charge in [-0.3, -0.25) is 0 Å². The van der Waals surface area contributed by atoms with Crippen molar-refractivity contribution < 1.29 is 18.3 Å². The Kier molecular flexibility index (Phi) is 4.10. The number of halogens is 3. The van der Waals surface area contributed by atoms with Crippen LogP contribution >= 0.6 is 11.6 Å². The fourth-order valence-electron chi connectivity index (χ4n) is 1.03. The van der Waals surface area contributed by atoms with E-state index in [0.29, 0.717) is 10.6 Å². The van der Waals surface area contributed by atoms with Gasteiger partial charge in [0.05, 0.1) is 6.61 Å². The normalized spacial score (nSPS) is 10.6. The third-order valence-electron chi connectivity index (χ3n) is 1.58. The van der Waals surface area contributed by atoms with Gasteiger partial charge < -0.3 is 9.47 Å². The molecule has 0 aliphatic carbocycles. The second kappa shape index (κ2) is 5.12. The van der Waals surface area contributed by atoms with E-state index in [0.717, 1.165) is 0 Å². The van der Waals surface area contributed by atoms with Crippen molar-refractivity contribution in [2.75, 3.05) is 7.11 Å². The summed E-state index contributed by atoms with van der Waals surface area (Å²) in [6.45, 7) is -2.72. The number of ether oxygens (including phenoxy) is 2. The van der Waals surface area contributed by atoms with Crippen molar-refractivity contribution in [2.24, 2.45) is 0 Å². The summed E-state index contributed by atoms with van der Waals surface area (Å²) in [6.07, 6.45) is 0. The van der Waals surface area contributed by atoms with Crippen LogP contribution in [0.4, 0.5) is 8.78 Å². The molecule has 0 aliphatic heterocycles. The Labute approximate surface area is 85.4 Å². The van der Waals surface area contributed by atoms with Gasteiger partial charge in [0.25, 0.3) is 0 Å². The summed E-state index contributed by atoms with van der Waals surface area (Å²) in [4.78, 5) is 0. The molecule has 0 saturated carbocycles. The van der Waals surface area contributed by atoms with Crippen LogP contribution in [0.2, 0.25) is 5.02 Å². The average Bonchev–Trinajstić information content (AvgIpc) is 2.10. The van der Waals surface area contributed by atoms with E-state index < -0.39 is 6.61 Å². The van der Waals surface area contributed by atoms with Crippen LogP contribution in [0.1, 0.15) is 5.56 Å². The molecule has 0 N–H and O–H groups in total. The van der Waals surface area contributed by atoms with Crippen molar-refractivity contribution in [1.29, 1.82) is 0 Å². The highest BCUT2D eigenvalue weighted by Gasteiger charge is 2.11. The van der Waals surface area contributed by atoms with Crippen molar-refractivity contribution >= 4 is 11.6 Å². The van der Waals surface area contributed by atoms with Crippen LogP contribution in [-0.2, 0) is 11.3 Å². The smallest absolute Gasteiger partial charge is 0.387 e. The third-order valence-corrected chi connectivity index (χ3v) is 1.93. The lowest BCUT2D eigenvalue weighted by atomic mass is 10.2. The minimum Gasteiger partial charge on any atom is -0.434 e. The monoisotopic (exact) mass is 222 g/mol. The Morgan fingerprint density at radius 3 is 2.71 bits per heavy atom. The van der Waals surface area contributed by atoms with Gasteiger partial charge >= 0.3 is 6.61 Å². The molecule has 0 saturated heterocycles. The van der Waals surface area contributed by atoms with Crippen molar-refractivity contribution in [2.45, 2.75) is 13.2 Å². The summed E-state index contributed by atoms with van der Waals surface area (Å²) in [5.74, 6) is 0.0503. The van der Waals surface area contributed by atoms with Crippen LogP contribution in [-0.4, -0.2) is 13.7 Å². The molecule has 5 heteroatoms. The molecule has 14 heavy (non-hydrogen) atoms. The predicted octanol–water partition coefficient (Wildman–Crippen LogP) is 3.09. The van der Waals surface area contributed by atoms with Crippen molar-refractivity contribution in [3.05, 3.63) is 28.8 Å². The molecule has 2 nitrogen and oxygen atoms in total. The first-order valence-corrected chi connectivity index (χ1v) is 4.24. The Morgan fingerprint density at radius 2 is 2.14 bits per heavy atom. The van der Waals surface area contributed by atoms with E-state index in [9.17, 15) is 8.78 Å². The Balaban J connectivity index is 2.95. The fraction of sp³-hybridized carbons (Fsp3) is 0.333. The molecule has 0 bridgehead atoms. The molecule has 0 radical (unpaired) electrons. The number of methoxy groups -OCH3 is 1. The summed E-state index contributed by atoms with van der Waals surface area (Å²) in [5.41, 5.74) is 0.428. The molecular weight excluding hydrogens is 214 g/mol. The second-order valence-corrected chi connectivity index (χ2v) is 2.94. The van der Waals surface area contributed by atoms with Gasteiger partial charge in [0.1, 0.15) is 5.75 Å². The SMILES string of the molecule is COCc1c(Cl)cccc1OC(F)F. The molecule has 0 heterocycles. The Hall–Kier alpha value is -0.870. The zero-order valence-electron chi connectivity index (χ0n) is 7.47. The van der Waals surface area contributed by atoms with Gasteiger partial charge in [-0.2, -0.15) is 8.78 Å². The maximum Gasteiger partial charge on any atom is 0.387 e. The largest absolute Gasteiger partial charge is 0.434 e. The number of hydrogen-bond acceptors (Lipinski definition) is 2. The van der Waals surface area contributed by atoms with E-state index in [1.807, 2.05) is 0 Å². The van der Waals surface area contributed by atoms with E-state index in [1.165, 1.54) is 13.2 Å². The minimum absolute atomic E-state index is 0.0503. The second-order valence-electron chi connectivity index (χ2n) is 2.53. The first-order chi connectivity index (χ1) is 6.65. The molecule has 0 aromatic heterocycles. The Bertz CT molecular complexity index is 305. The summed E-state index contributed by atoms with van der Waals surface area (Å²) < 4.78 is 33.0. The van der Waals surface area contributed by atoms with Gasteiger partial charge in [0.15, 0.2) is 0 Å². The van der Waals surface area contributed by atoms with E-state index in [-0.39, 0.29) is 12.4 Å². The highest BCUT2D eigenvalue weighted by molar-refractivity contribution is 6.31. The average molecular weight is 223 g/mol. The molecule has 0 spiro atoms. The molecule has 0 aliphatic rings. The first kappa shape index (κ1) is 11.2. The van der Waals surface area contributed by atoms with Gasteiger partial charge in [-0.25, -0.2) is 0 Å². The maximum atomic E-state index is 12.0. The van der Waals surface area contributed by atoms with Crippen LogP contribution in [0.5, 0.6) is 5.75 Å². The standard InChI is InChI=1S/C9H9ClF2O2/c1-13-5-6-7(10)3-2-4-8(6)14-9(11)12/h2-4,9H,5H2,1H3. The van der Waals surface area contributed by atoms with Crippen LogP contribution in [0.15, 0.2) is 18.2 Å². The van der Waals surface area contributed by atoms with Gasteiger partial charge in [0.2, 0.25) is 0 Å². The Morgan fingerprint density at radius 1 is 1.43 bits per heavy atom. The summed E-state index contributed by atoms with van der Waals surface area (Å²) >= 11 is 5.79. The van der Waals surface area contributed by atoms with Crippen molar-refractivity contribution in [3.63, 3.8) is 0 Å². The lowest BCUT2D eigenvalue weighted by Gasteiger charge is -2.11. The molecule has 1 rings (SSSR count). The molecule has 0 unspecified atom stereocenters. The summed E-state index contributed by atoms with van der Waals surface area (Å²) in [5, 5.41) is 0.352. The molecule has 1 aromatic carbocycles. The van der Waals surface area contributed by atoms with Gasteiger partial charge in [-0.15, -0.1) is 0 Å². The van der Waals surface area contributed by atoms with Crippen LogP contribution in [0.3, 0.4) is 0 Å². The van der Waals surface area contributed by atoms with E-state index >= 15 is 0 Å². The van der Waals surface area contributed by atoms with Crippen LogP contribution in [0.25, 0.3) is 0 Å². The highest BCUT2D eigenvalue weighted by Crippen LogP contribution is 2.28. The van der Waals surface area contributed by atoms with Gasteiger partial charge in [0, 0.05) is 17.7 Å². The lowest BCUT2D eigenvalue weighted by Crippen LogP contribution is -2.05. The minimum atomic E-state index is -2.86.